The molecule has 1 fully saturated rings. The Morgan fingerprint density at radius 1 is 0.735 bits per heavy atom. The van der Waals surface area contributed by atoms with E-state index in [9.17, 15) is 0 Å². The van der Waals surface area contributed by atoms with E-state index in [4.69, 9.17) is 0 Å². The van der Waals surface area contributed by atoms with Crippen LogP contribution in [0.1, 0.15) is 18.4 Å². The Labute approximate surface area is 205 Å². The van der Waals surface area contributed by atoms with Crippen LogP contribution in [0.25, 0.3) is 17.2 Å². The molecule has 3 nitrogen and oxygen atoms in total. The van der Waals surface area contributed by atoms with Gasteiger partial charge >= 0.3 is 0 Å². The second kappa shape index (κ2) is 9.40. The van der Waals surface area contributed by atoms with Crippen molar-refractivity contribution >= 4 is 29.2 Å². The smallest absolute Gasteiger partial charge is 0.0555 e. The summed E-state index contributed by atoms with van der Waals surface area (Å²) < 4.78 is 0. The quantitative estimate of drug-likeness (QED) is 0.313. The normalized spacial score (nSPS) is 15.9. The van der Waals surface area contributed by atoms with Crippen molar-refractivity contribution in [3.8, 4) is 11.1 Å². The monoisotopic (exact) mass is 461 g/mol. The maximum atomic E-state index is 4.18. The molecule has 0 unspecified atom stereocenters. The average Bonchev–Trinajstić information content (AvgIpc) is 2.92. The lowest BCUT2D eigenvalue weighted by Crippen LogP contribution is -2.42. The van der Waals surface area contributed by atoms with Gasteiger partial charge in [0.05, 0.1) is 11.4 Å². The molecule has 0 bridgehead atoms. The van der Waals surface area contributed by atoms with Crippen LogP contribution in [-0.4, -0.2) is 29.0 Å². The van der Waals surface area contributed by atoms with E-state index >= 15 is 0 Å². The molecule has 0 aliphatic carbocycles. The minimum Gasteiger partial charge on any atom is -0.377 e. The van der Waals surface area contributed by atoms with Crippen LogP contribution >= 0.6 is 11.8 Å². The van der Waals surface area contributed by atoms with Gasteiger partial charge in [-0.2, -0.15) is 0 Å². The molecule has 6 rings (SSSR count). The zero-order chi connectivity index (χ0) is 22.7. The van der Waals surface area contributed by atoms with E-state index in [-0.39, 0.29) is 0 Å². The number of piperidine rings is 1. The van der Waals surface area contributed by atoms with Crippen LogP contribution in [0.2, 0.25) is 0 Å². The Hall–Kier alpha value is -3.50. The molecule has 0 atom stereocenters. The number of anilines is 2. The van der Waals surface area contributed by atoms with Gasteiger partial charge in [-0.15, -0.1) is 0 Å². The molecular formula is C30H27N3S. The lowest BCUT2D eigenvalue weighted by Gasteiger charge is -2.42. The van der Waals surface area contributed by atoms with Crippen LogP contribution in [0, 0.1) is 0 Å². The van der Waals surface area contributed by atoms with E-state index in [0.717, 1.165) is 25.9 Å². The minimum atomic E-state index is 0.494. The third-order valence-corrected chi connectivity index (χ3v) is 7.83. The van der Waals surface area contributed by atoms with Gasteiger partial charge in [0.15, 0.2) is 0 Å². The maximum Gasteiger partial charge on any atom is 0.0555 e. The first kappa shape index (κ1) is 21.1. The molecule has 4 heteroatoms. The summed E-state index contributed by atoms with van der Waals surface area (Å²) >= 11 is 1.89. The van der Waals surface area contributed by atoms with Crippen molar-refractivity contribution in [2.75, 3.05) is 18.0 Å². The maximum absolute atomic E-state index is 4.18. The summed E-state index contributed by atoms with van der Waals surface area (Å²) in [6.45, 7) is 2.15. The van der Waals surface area contributed by atoms with E-state index in [2.05, 4.69) is 112 Å². The Bertz CT molecular complexity index is 1300. The van der Waals surface area contributed by atoms with E-state index in [1.165, 1.54) is 37.9 Å². The zero-order valence-electron chi connectivity index (χ0n) is 19.0. The summed E-state index contributed by atoms with van der Waals surface area (Å²) in [4.78, 5) is 11.9. The zero-order valence-corrected chi connectivity index (χ0v) is 19.9. The molecule has 3 heterocycles. The SMILES string of the molecule is C(=CN1CCC(N2c3ccccc3Sc3cc(-c4ccncc4)ccc32)CC1)c1ccccc1. The highest BCUT2D eigenvalue weighted by Gasteiger charge is 2.31. The predicted molar refractivity (Wildman–Crippen MR) is 142 cm³/mol. The number of likely N-dealkylation sites (tertiary alicyclic amines) is 1. The minimum absolute atomic E-state index is 0.494. The predicted octanol–water partition coefficient (Wildman–Crippen LogP) is 7.49. The van der Waals surface area contributed by atoms with Crippen LogP contribution in [0.15, 0.2) is 113 Å². The van der Waals surface area contributed by atoms with E-state index in [1.807, 2.05) is 24.2 Å². The molecule has 0 spiro atoms. The highest BCUT2D eigenvalue weighted by Crippen LogP contribution is 2.50. The second-order valence-electron chi connectivity index (χ2n) is 8.85. The van der Waals surface area contributed by atoms with E-state index in [0.29, 0.717) is 6.04 Å². The van der Waals surface area contributed by atoms with Gasteiger partial charge in [0, 0.05) is 41.3 Å². The molecule has 168 valence electrons. The van der Waals surface area contributed by atoms with Gasteiger partial charge in [0.2, 0.25) is 0 Å². The van der Waals surface area contributed by atoms with Gasteiger partial charge in [-0.3, -0.25) is 4.98 Å². The molecule has 2 aliphatic heterocycles. The topological polar surface area (TPSA) is 19.4 Å². The number of fused-ring (bicyclic) bond motifs is 2. The third-order valence-electron chi connectivity index (χ3n) is 6.72. The first-order chi connectivity index (χ1) is 16.8. The summed E-state index contributed by atoms with van der Waals surface area (Å²) in [5.74, 6) is 0. The van der Waals surface area contributed by atoms with Crippen molar-refractivity contribution in [3.63, 3.8) is 0 Å². The van der Waals surface area contributed by atoms with Crippen molar-refractivity contribution in [1.82, 2.24) is 9.88 Å². The van der Waals surface area contributed by atoms with Gasteiger partial charge in [-0.05, 0) is 78.2 Å². The van der Waals surface area contributed by atoms with Crippen molar-refractivity contribution in [2.24, 2.45) is 0 Å². The lowest BCUT2D eigenvalue weighted by atomic mass is 10.00. The Kier molecular flexibility index (Phi) is 5.82. The molecule has 34 heavy (non-hydrogen) atoms. The fourth-order valence-electron chi connectivity index (χ4n) is 4.95. The lowest BCUT2D eigenvalue weighted by molar-refractivity contribution is 0.284. The number of hydrogen-bond acceptors (Lipinski definition) is 4. The molecule has 0 saturated carbocycles. The molecule has 0 radical (unpaired) electrons. The van der Waals surface area contributed by atoms with Crippen LogP contribution in [0.4, 0.5) is 11.4 Å². The fourth-order valence-corrected chi connectivity index (χ4v) is 6.06. The van der Waals surface area contributed by atoms with Crippen LogP contribution in [0.3, 0.4) is 0 Å². The van der Waals surface area contributed by atoms with Gasteiger partial charge < -0.3 is 9.80 Å². The number of hydrogen-bond donors (Lipinski definition) is 0. The Morgan fingerprint density at radius 2 is 1.47 bits per heavy atom. The summed E-state index contributed by atoms with van der Waals surface area (Å²) in [7, 11) is 0. The van der Waals surface area contributed by atoms with Crippen molar-refractivity contribution in [1.29, 1.82) is 0 Å². The summed E-state index contributed by atoms with van der Waals surface area (Å²) in [5.41, 5.74) is 6.39. The standard InChI is InChI=1S/C30H27N3S/c1-2-6-23(7-3-1)14-19-32-20-15-26(16-21-32)33-27-8-4-5-9-29(27)34-30-22-25(10-11-28(30)33)24-12-17-31-18-13-24/h1-14,17-19,22,26H,15-16,20-21H2. The first-order valence-corrected chi connectivity index (χ1v) is 12.7. The van der Waals surface area contributed by atoms with Crippen LogP contribution in [-0.2, 0) is 0 Å². The highest BCUT2D eigenvalue weighted by molar-refractivity contribution is 7.99. The molecule has 0 N–H and O–H groups in total. The number of nitrogens with zero attached hydrogens (tertiary/aromatic N) is 3. The summed E-state index contributed by atoms with van der Waals surface area (Å²) in [6.07, 6.45) is 10.5. The number of aromatic nitrogens is 1. The number of rotatable bonds is 4. The highest BCUT2D eigenvalue weighted by atomic mass is 32.2. The molecule has 1 aromatic heterocycles. The summed E-state index contributed by atoms with van der Waals surface area (Å²) in [6, 6.07) is 31.0. The first-order valence-electron chi connectivity index (χ1n) is 11.9. The third kappa shape index (κ3) is 4.22. The van der Waals surface area contributed by atoms with Crippen LogP contribution < -0.4 is 4.90 Å². The Balaban J connectivity index is 1.26. The van der Waals surface area contributed by atoms with Crippen LogP contribution in [0.5, 0.6) is 0 Å². The molecule has 0 amide bonds. The van der Waals surface area contributed by atoms with Gasteiger partial charge in [-0.25, -0.2) is 0 Å². The molecule has 2 aliphatic rings. The Morgan fingerprint density at radius 3 is 2.29 bits per heavy atom. The van der Waals surface area contributed by atoms with E-state index in [1.54, 1.807) is 0 Å². The average molecular weight is 462 g/mol. The number of para-hydroxylation sites is 1. The van der Waals surface area contributed by atoms with Crippen molar-refractivity contribution in [3.05, 3.63) is 109 Å². The molecule has 3 aromatic carbocycles. The summed E-state index contributed by atoms with van der Waals surface area (Å²) in [5, 5.41) is 0. The fraction of sp³-hybridized carbons (Fsp3) is 0.167. The largest absolute Gasteiger partial charge is 0.377 e. The van der Waals surface area contributed by atoms with Crippen molar-refractivity contribution in [2.45, 2.75) is 28.7 Å². The molecule has 4 aromatic rings. The van der Waals surface area contributed by atoms with Gasteiger partial charge in [-0.1, -0.05) is 60.3 Å². The van der Waals surface area contributed by atoms with Crippen molar-refractivity contribution < 1.29 is 0 Å². The van der Waals surface area contributed by atoms with Gasteiger partial charge in [0.1, 0.15) is 0 Å². The second-order valence-corrected chi connectivity index (χ2v) is 9.94. The van der Waals surface area contributed by atoms with E-state index < -0.39 is 0 Å². The number of pyridine rings is 1. The van der Waals surface area contributed by atoms with Gasteiger partial charge in [0.25, 0.3) is 0 Å². The molecular weight excluding hydrogens is 434 g/mol. The number of benzene rings is 3. The molecule has 1 saturated heterocycles.